The van der Waals surface area contributed by atoms with E-state index in [-0.39, 0.29) is 11.7 Å². The minimum absolute atomic E-state index is 0.248. The summed E-state index contributed by atoms with van der Waals surface area (Å²) in [4.78, 5) is 15.4. The van der Waals surface area contributed by atoms with E-state index in [1.165, 1.54) is 18.2 Å². The number of benzene rings is 1. The fraction of sp³-hybridized carbons (Fsp3) is 0.286. The van der Waals surface area contributed by atoms with Crippen LogP contribution in [0.1, 0.15) is 41.5 Å². The van der Waals surface area contributed by atoms with E-state index in [9.17, 15) is 9.18 Å². The molecule has 0 spiro atoms. The van der Waals surface area contributed by atoms with Gasteiger partial charge in [0.05, 0.1) is 6.54 Å². The Balaban J connectivity index is 2.35. The zero-order valence-corrected chi connectivity index (χ0v) is 10.9. The van der Waals surface area contributed by atoms with Crippen LogP contribution in [0.2, 0.25) is 0 Å². The van der Waals surface area contributed by atoms with Gasteiger partial charge in [0, 0.05) is 29.4 Å². The lowest BCUT2D eigenvalue weighted by atomic mass is 10.1. The third kappa shape index (κ3) is 2.81. The van der Waals surface area contributed by atoms with Gasteiger partial charge in [0.25, 0.3) is 0 Å². The Kier molecular flexibility index (Phi) is 3.64. The molecule has 5 heteroatoms. The van der Waals surface area contributed by atoms with Crippen LogP contribution in [0.3, 0.4) is 0 Å². The average molecular weight is 261 g/mol. The summed E-state index contributed by atoms with van der Waals surface area (Å²) in [5, 5.41) is 0. The fourth-order valence-corrected chi connectivity index (χ4v) is 1.99. The SMILES string of the molecule is CC(C)c1nccn1Cc1cc(C(N)=O)ccc1F. The lowest BCUT2D eigenvalue weighted by Crippen LogP contribution is -2.13. The van der Waals surface area contributed by atoms with E-state index >= 15 is 0 Å². The molecule has 4 nitrogen and oxygen atoms in total. The van der Waals surface area contributed by atoms with Gasteiger partial charge in [-0.3, -0.25) is 4.79 Å². The molecular weight excluding hydrogens is 245 g/mol. The van der Waals surface area contributed by atoms with Crippen molar-refractivity contribution in [2.45, 2.75) is 26.3 Å². The standard InChI is InChI=1S/C14H16FN3O/c1-9(2)14-17-5-6-18(14)8-11-7-10(13(16)19)3-4-12(11)15/h3-7,9H,8H2,1-2H3,(H2,16,19). The Labute approximate surface area is 111 Å². The van der Waals surface area contributed by atoms with E-state index in [1.807, 2.05) is 18.4 Å². The van der Waals surface area contributed by atoms with Crippen molar-refractivity contribution >= 4 is 5.91 Å². The van der Waals surface area contributed by atoms with Gasteiger partial charge in [0.15, 0.2) is 0 Å². The van der Waals surface area contributed by atoms with Crippen molar-refractivity contribution in [3.05, 3.63) is 53.4 Å². The van der Waals surface area contributed by atoms with Crippen LogP contribution in [0.15, 0.2) is 30.6 Å². The molecule has 0 unspecified atom stereocenters. The molecule has 2 rings (SSSR count). The molecular formula is C14H16FN3O. The normalized spacial score (nSPS) is 10.9. The number of halogens is 1. The summed E-state index contributed by atoms with van der Waals surface area (Å²) in [6.45, 7) is 4.38. The second-order valence-corrected chi connectivity index (χ2v) is 4.74. The number of aromatic nitrogens is 2. The van der Waals surface area contributed by atoms with Gasteiger partial charge in [-0.2, -0.15) is 0 Å². The molecule has 2 aromatic rings. The van der Waals surface area contributed by atoms with Gasteiger partial charge in [-0.25, -0.2) is 9.37 Å². The highest BCUT2D eigenvalue weighted by molar-refractivity contribution is 5.92. The number of nitrogens with two attached hydrogens (primary N) is 1. The molecule has 0 bridgehead atoms. The highest BCUT2D eigenvalue weighted by Crippen LogP contribution is 2.16. The second kappa shape index (κ2) is 5.22. The third-order valence-corrected chi connectivity index (χ3v) is 2.94. The highest BCUT2D eigenvalue weighted by atomic mass is 19.1. The Morgan fingerprint density at radius 1 is 1.47 bits per heavy atom. The number of carbonyl (C=O) groups excluding carboxylic acids is 1. The lowest BCUT2D eigenvalue weighted by molar-refractivity contribution is 0.1000. The molecule has 2 N–H and O–H groups in total. The van der Waals surface area contributed by atoms with Crippen LogP contribution in [-0.2, 0) is 6.54 Å². The number of hydrogen-bond acceptors (Lipinski definition) is 2. The van der Waals surface area contributed by atoms with Gasteiger partial charge in [-0.1, -0.05) is 13.8 Å². The summed E-state index contributed by atoms with van der Waals surface area (Å²) in [5.74, 6) is 0.214. The molecule has 0 saturated heterocycles. The van der Waals surface area contributed by atoms with Crippen molar-refractivity contribution < 1.29 is 9.18 Å². The predicted octanol–water partition coefficient (Wildman–Crippen LogP) is 2.29. The van der Waals surface area contributed by atoms with Crippen LogP contribution in [0.4, 0.5) is 4.39 Å². The van der Waals surface area contributed by atoms with Crippen LogP contribution in [0.25, 0.3) is 0 Å². The van der Waals surface area contributed by atoms with E-state index in [1.54, 1.807) is 12.4 Å². The minimum atomic E-state index is -0.559. The molecule has 0 fully saturated rings. The Bertz CT molecular complexity index is 604. The number of rotatable bonds is 4. The number of primary amides is 1. The number of amides is 1. The zero-order valence-electron chi connectivity index (χ0n) is 10.9. The van der Waals surface area contributed by atoms with Gasteiger partial charge < -0.3 is 10.3 Å². The Hall–Kier alpha value is -2.17. The van der Waals surface area contributed by atoms with Crippen molar-refractivity contribution in [2.24, 2.45) is 5.73 Å². The number of carbonyl (C=O) groups is 1. The first-order chi connectivity index (χ1) is 8.99. The molecule has 0 saturated carbocycles. The highest BCUT2D eigenvalue weighted by Gasteiger charge is 2.11. The molecule has 1 amide bonds. The largest absolute Gasteiger partial charge is 0.366 e. The van der Waals surface area contributed by atoms with Crippen molar-refractivity contribution in [1.82, 2.24) is 9.55 Å². The summed E-state index contributed by atoms with van der Waals surface area (Å²) in [7, 11) is 0. The summed E-state index contributed by atoms with van der Waals surface area (Å²) >= 11 is 0. The van der Waals surface area contributed by atoms with Crippen molar-refractivity contribution in [1.29, 1.82) is 0 Å². The molecule has 1 aromatic carbocycles. The van der Waals surface area contributed by atoms with E-state index in [0.29, 0.717) is 17.7 Å². The number of nitrogens with zero attached hydrogens (tertiary/aromatic N) is 2. The molecule has 100 valence electrons. The van der Waals surface area contributed by atoms with E-state index in [4.69, 9.17) is 5.73 Å². The number of imidazole rings is 1. The van der Waals surface area contributed by atoms with Gasteiger partial charge in [-0.15, -0.1) is 0 Å². The average Bonchev–Trinajstić information content (AvgIpc) is 2.80. The molecule has 0 aliphatic heterocycles. The molecule has 0 aliphatic rings. The third-order valence-electron chi connectivity index (χ3n) is 2.94. The van der Waals surface area contributed by atoms with Crippen LogP contribution < -0.4 is 5.73 Å². The molecule has 19 heavy (non-hydrogen) atoms. The van der Waals surface area contributed by atoms with Gasteiger partial charge >= 0.3 is 0 Å². The smallest absolute Gasteiger partial charge is 0.248 e. The predicted molar refractivity (Wildman–Crippen MR) is 70.3 cm³/mol. The fourth-order valence-electron chi connectivity index (χ4n) is 1.99. The van der Waals surface area contributed by atoms with Gasteiger partial charge in [-0.05, 0) is 18.2 Å². The van der Waals surface area contributed by atoms with Crippen molar-refractivity contribution in [3.8, 4) is 0 Å². The number of hydrogen-bond donors (Lipinski definition) is 1. The first kappa shape index (κ1) is 13.3. The molecule has 0 atom stereocenters. The van der Waals surface area contributed by atoms with E-state index in [2.05, 4.69) is 4.98 Å². The van der Waals surface area contributed by atoms with Crippen molar-refractivity contribution in [2.75, 3.05) is 0 Å². The van der Waals surface area contributed by atoms with E-state index in [0.717, 1.165) is 5.82 Å². The van der Waals surface area contributed by atoms with E-state index < -0.39 is 5.91 Å². The van der Waals surface area contributed by atoms with Gasteiger partial charge in [0.1, 0.15) is 11.6 Å². The molecule has 1 aromatic heterocycles. The topological polar surface area (TPSA) is 60.9 Å². The lowest BCUT2D eigenvalue weighted by Gasteiger charge is -2.11. The van der Waals surface area contributed by atoms with Crippen LogP contribution in [0.5, 0.6) is 0 Å². The van der Waals surface area contributed by atoms with Gasteiger partial charge in [0.2, 0.25) is 5.91 Å². The summed E-state index contributed by atoms with van der Waals surface area (Å²) in [6.07, 6.45) is 3.48. The summed E-state index contributed by atoms with van der Waals surface area (Å²) in [6, 6.07) is 4.14. The van der Waals surface area contributed by atoms with Crippen LogP contribution in [-0.4, -0.2) is 15.5 Å². The maximum absolute atomic E-state index is 13.8. The summed E-state index contributed by atoms with van der Waals surface area (Å²) < 4.78 is 15.6. The van der Waals surface area contributed by atoms with Crippen LogP contribution in [0, 0.1) is 5.82 Å². The molecule has 1 heterocycles. The first-order valence-electron chi connectivity index (χ1n) is 6.08. The summed E-state index contributed by atoms with van der Waals surface area (Å²) in [5.41, 5.74) is 5.94. The Morgan fingerprint density at radius 3 is 2.84 bits per heavy atom. The van der Waals surface area contributed by atoms with Crippen LogP contribution >= 0.6 is 0 Å². The molecule has 0 aliphatic carbocycles. The second-order valence-electron chi connectivity index (χ2n) is 4.74. The Morgan fingerprint density at radius 2 is 2.21 bits per heavy atom. The first-order valence-corrected chi connectivity index (χ1v) is 6.08. The maximum Gasteiger partial charge on any atom is 0.248 e. The minimum Gasteiger partial charge on any atom is -0.366 e. The molecule has 0 radical (unpaired) electrons. The van der Waals surface area contributed by atoms with Crippen molar-refractivity contribution in [3.63, 3.8) is 0 Å². The monoisotopic (exact) mass is 261 g/mol. The zero-order chi connectivity index (χ0) is 14.0. The quantitative estimate of drug-likeness (QED) is 0.917. The maximum atomic E-state index is 13.8.